The second-order valence-corrected chi connectivity index (χ2v) is 16.6. The number of allylic oxidation sites excluding steroid dienone is 2. The number of carbonyl (C=O) groups is 1. The van der Waals surface area contributed by atoms with Crippen molar-refractivity contribution in [3.63, 3.8) is 0 Å². The van der Waals surface area contributed by atoms with Gasteiger partial charge in [0.05, 0.1) is 7.13 Å². The van der Waals surface area contributed by atoms with Crippen molar-refractivity contribution in [2.75, 3.05) is 0 Å². The molecule has 3 aromatic carbocycles. The SMILES string of the molecule is CC(C)(C)c1cc(-c2nccc3c2oc2cc4c(cc23)C(C)(C)CCC4(C)C)[c-]c2ccccc12.[2H]/C(C(=O)C(CC)CC)=C(/O)C(CC)CC.[Ir]. The molecule has 0 bridgehead atoms. The molecule has 0 aliphatic heterocycles. The Balaban J connectivity index is 0.000000305. The Bertz CT molecular complexity index is 2090. The summed E-state index contributed by atoms with van der Waals surface area (Å²) in [7, 11) is 0. The monoisotopic (exact) mass is 866 g/mol. The smallest absolute Gasteiger partial charge is 0.162 e. The van der Waals surface area contributed by atoms with Crippen LogP contribution in [0, 0.1) is 17.9 Å². The molecule has 1 aliphatic carbocycles. The number of furan rings is 1. The second-order valence-electron chi connectivity index (χ2n) is 16.6. The van der Waals surface area contributed by atoms with Gasteiger partial charge in [0.2, 0.25) is 0 Å². The number of ketones is 1. The average Bonchev–Trinajstić information content (AvgIpc) is 3.48. The van der Waals surface area contributed by atoms with Crippen molar-refractivity contribution in [3.8, 4) is 11.3 Å². The van der Waals surface area contributed by atoms with Gasteiger partial charge < -0.3 is 9.52 Å². The molecular formula is C46H58IrNO3-. The second kappa shape index (κ2) is 15.8. The molecule has 1 N–H and O–H groups in total. The number of nitrogens with zero attached hydrogens (tertiary/aromatic N) is 1. The van der Waals surface area contributed by atoms with Gasteiger partial charge >= 0.3 is 0 Å². The van der Waals surface area contributed by atoms with Crippen molar-refractivity contribution in [2.24, 2.45) is 11.8 Å². The first-order valence-corrected chi connectivity index (χ1v) is 18.7. The maximum absolute atomic E-state index is 11.9. The van der Waals surface area contributed by atoms with Crippen molar-refractivity contribution in [3.05, 3.63) is 89.3 Å². The van der Waals surface area contributed by atoms with Gasteiger partial charge in [0.25, 0.3) is 0 Å². The number of aromatic nitrogens is 1. The van der Waals surface area contributed by atoms with E-state index < -0.39 is 0 Å². The van der Waals surface area contributed by atoms with Crippen LogP contribution in [-0.2, 0) is 41.1 Å². The summed E-state index contributed by atoms with van der Waals surface area (Å²) in [6.45, 7) is 24.1. The molecule has 0 fully saturated rings. The molecule has 0 amide bonds. The van der Waals surface area contributed by atoms with Crippen molar-refractivity contribution >= 4 is 38.5 Å². The molecule has 2 heterocycles. The van der Waals surface area contributed by atoms with Crippen LogP contribution in [0.25, 0.3) is 44.0 Å². The van der Waals surface area contributed by atoms with Crippen LogP contribution in [0.1, 0.15) is 133 Å². The van der Waals surface area contributed by atoms with Crippen LogP contribution in [0.3, 0.4) is 0 Å². The minimum absolute atomic E-state index is 0. The van der Waals surface area contributed by atoms with Gasteiger partial charge in [-0.2, -0.15) is 0 Å². The van der Waals surface area contributed by atoms with Gasteiger partial charge in [-0.05, 0) is 84.1 Å². The van der Waals surface area contributed by atoms with Gasteiger partial charge in [0.1, 0.15) is 11.2 Å². The summed E-state index contributed by atoms with van der Waals surface area (Å²) in [5.74, 6) is -0.411. The third-order valence-corrected chi connectivity index (χ3v) is 11.2. The molecule has 0 saturated heterocycles. The number of hydrogen-bond donors (Lipinski definition) is 1. The van der Waals surface area contributed by atoms with E-state index in [1.165, 1.54) is 40.3 Å². The van der Waals surface area contributed by atoms with Crippen molar-refractivity contribution in [1.29, 1.82) is 0 Å². The number of aliphatic hydroxyl groups excluding tert-OH is 1. The van der Waals surface area contributed by atoms with Crippen LogP contribution in [0.15, 0.2) is 71.0 Å². The van der Waals surface area contributed by atoms with Crippen LogP contribution in [0.2, 0.25) is 0 Å². The van der Waals surface area contributed by atoms with Gasteiger partial charge in [-0.15, -0.1) is 29.1 Å². The van der Waals surface area contributed by atoms with Crippen LogP contribution >= 0.6 is 0 Å². The summed E-state index contributed by atoms with van der Waals surface area (Å²) in [5.41, 5.74) is 8.14. The predicted octanol–water partition coefficient (Wildman–Crippen LogP) is 13.1. The van der Waals surface area contributed by atoms with Crippen molar-refractivity contribution < 1.29 is 35.8 Å². The topological polar surface area (TPSA) is 63.3 Å². The molecular weight excluding hydrogens is 807 g/mol. The molecule has 275 valence electrons. The number of hydrogen-bond acceptors (Lipinski definition) is 4. The molecule has 5 heteroatoms. The normalized spacial score (nSPS) is 16.0. The van der Waals surface area contributed by atoms with Crippen LogP contribution in [0.4, 0.5) is 0 Å². The van der Waals surface area contributed by atoms with E-state index in [1.807, 2.05) is 33.9 Å². The number of carbonyl (C=O) groups excluding carboxylic acids is 1. The summed E-state index contributed by atoms with van der Waals surface area (Å²) >= 11 is 0. The fraction of sp³-hybridized carbons (Fsp3) is 0.478. The molecule has 2 aromatic heterocycles. The number of aliphatic hydroxyl groups is 1. The zero-order valence-corrected chi connectivity index (χ0v) is 35.0. The van der Waals surface area contributed by atoms with Crippen molar-refractivity contribution in [2.45, 2.75) is 131 Å². The van der Waals surface area contributed by atoms with E-state index in [9.17, 15) is 9.90 Å². The summed E-state index contributed by atoms with van der Waals surface area (Å²) in [4.78, 5) is 16.7. The van der Waals surface area contributed by atoms with Gasteiger partial charge in [-0.3, -0.25) is 9.78 Å². The number of pyridine rings is 1. The molecule has 5 aromatic rings. The zero-order valence-electron chi connectivity index (χ0n) is 33.6. The van der Waals surface area contributed by atoms with E-state index >= 15 is 0 Å². The molecule has 1 radical (unpaired) electrons. The largest absolute Gasteiger partial charge is 0.512 e. The third kappa shape index (κ3) is 8.21. The van der Waals surface area contributed by atoms with Gasteiger partial charge in [-0.1, -0.05) is 105 Å². The van der Waals surface area contributed by atoms with E-state index in [2.05, 4.69) is 103 Å². The predicted molar refractivity (Wildman–Crippen MR) is 211 cm³/mol. The van der Waals surface area contributed by atoms with Gasteiger partial charge in [-0.25, -0.2) is 0 Å². The average molecular weight is 866 g/mol. The van der Waals surface area contributed by atoms with E-state index in [0.29, 0.717) is 0 Å². The van der Waals surface area contributed by atoms with Crippen LogP contribution < -0.4 is 0 Å². The quantitative estimate of drug-likeness (QED) is 0.0959. The van der Waals surface area contributed by atoms with Crippen LogP contribution in [0.5, 0.6) is 0 Å². The Hall–Kier alpha value is -3.27. The third-order valence-electron chi connectivity index (χ3n) is 11.2. The molecule has 51 heavy (non-hydrogen) atoms. The first-order valence-electron chi connectivity index (χ1n) is 19.2. The van der Waals surface area contributed by atoms with E-state index in [0.717, 1.165) is 58.9 Å². The fourth-order valence-electron chi connectivity index (χ4n) is 7.60. The molecule has 0 saturated carbocycles. The first kappa shape index (κ1) is 38.9. The Morgan fingerprint density at radius 2 is 1.49 bits per heavy atom. The Labute approximate surface area is 321 Å². The number of benzene rings is 3. The summed E-state index contributed by atoms with van der Waals surface area (Å²) in [6.07, 6.45) is 7.29. The summed E-state index contributed by atoms with van der Waals surface area (Å²) < 4.78 is 14.4. The molecule has 0 spiro atoms. The maximum Gasteiger partial charge on any atom is 0.162 e. The Morgan fingerprint density at radius 3 is 2.08 bits per heavy atom. The first-order chi connectivity index (χ1) is 24.0. The van der Waals surface area contributed by atoms with E-state index in [4.69, 9.17) is 10.8 Å². The molecule has 4 nitrogen and oxygen atoms in total. The van der Waals surface area contributed by atoms with E-state index in [-0.39, 0.29) is 65.8 Å². The van der Waals surface area contributed by atoms with Gasteiger partial charge in [0.15, 0.2) is 5.78 Å². The van der Waals surface area contributed by atoms with Crippen LogP contribution in [-0.4, -0.2) is 15.9 Å². The maximum atomic E-state index is 11.9. The Morgan fingerprint density at radius 1 is 0.902 bits per heavy atom. The fourth-order valence-corrected chi connectivity index (χ4v) is 7.60. The summed E-state index contributed by atoms with van der Waals surface area (Å²) in [5, 5.41) is 14.5. The van der Waals surface area contributed by atoms with Gasteiger partial charge in [0, 0.05) is 60.7 Å². The number of rotatable bonds is 8. The number of fused-ring (bicyclic) bond motifs is 5. The molecule has 1 aliphatic rings. The minimum Gasteiger partial charge on any atom is -0.512 e. The molecule has 0 unspecified atom stereocenters. The van der Waals surface area contributed by atoms with Crippen molar-refractivity contribution in [1.82, 2.24) is 4.98 Å². The minimum atomic E-state index is -0.214. The standard InChI is InChI=1S/C33H34NO.C13H24O2.Ir/c1-31(2,3)25-17-21(16-20-10-8-9-11-22(20)25)29-30-23(12-15-34-29)24-18-26-27(19-28(24)35-30)33(6,7)14-13-32(26,4)5;1-5-10(6-2)12(14)9-13(15)11(7-3)8-4;/h8-12,15,17-19H,13-14H2,1-7H3;9-11,14H,5-8H2,1-4H3;/q-1;;/b;12-9-;/i;9D;. The summed E-state index contributed by atoms with van der Waals surface area (Å²) in [6, 6.07) is 21.1. The Kier molecular flexibility index (Phi) is 12.0. The van der Waals surface area contributed by atoms with E-state index in [1.54, 1.807) is 0 Å². The zero-order chi connectivity index (χ0) is 37.5. The molecule has 6 rings (SSSR count). The molecule has 0 atom stereocenters.